The van der Waals surface area contributed by atoms with Crippen LogP contribution in [0.15, 0.2) is 54.6 Å². The zero-order chi connectivity index (χ0) is 16.7. The van der Waals surface area contributed by atoms with E-state index in [0.29, 0.717) is 18.7 Å². The quantitative estimate of drug-likeness (QED) is 0.892. The normalized spacial score (nSPS) is 10.2. The maximum Gasteiger partial charge on any atom is 0.251 e. The van der Waals surface area contributed by atoms with Gasteiger partial charge in [0.2, 0.25) is 5.91 Å². The summed E-state index contributed by atoms with van der Waals surface area (Å²) in [6.45, 7) is 5.03. The van der Waals surface area contributed by atoms with Crippen LogP contribution in [0.1, 0.15) is 28.4 Å². The van der Waals surface area contributed by atoms with Gasteiger partial charge in [-0.1, -0.05) is 48.0 Å². The second kappa shape index (κ2) is 8.13. The van der Waals surface area contributed by atoms with Gasteiger partial charge >= 0.3 is 0 Å². The number of hydrogen-bond donors (Lipinski definition) is 1. The van der Waals surface area contributed by atoms with Gasteiger partial charge in [-0.05, 0) is 31.5 Å². The van der Waals surface area contributed by atoms with Crippen molar-refractivity contribution in [1.82, 2.24) is 10.2 Å². The van der Waals surface area contributed by atoms with E-state index >= 15 is 0 Å². The maximum absolute atomic E-state index is 12.3. The molecule has 2 rings (SSSR count). The van der Waals surface area contributed by atoms with Crippen molar-refractivity contribution in [1.29, 1.82) is 0 Å². The molecule has 2 aromatic carbocycles. The minimum Gasteiger partial charge on any atom is -0.343 e. The molecule has 0 radical (unpaired) electrons. The van der Waals surface area contributed by atoms with Crippen LogP contribution in [0.4, 0.5) is 0 Å². The van der Waals surface area contributed by atoms with Gasteiger partial charge < -0.3 is 10.2 Å². The molecule has 120 valence electrons. The van der Waals surface area contributed by atoms with Crippen molar-refractivity contribution in [2.24, 2.45) is 0 Å². The smallest absolute Gasteiger partial charge is 0.251 e. The highest BCUT2D eigenvalue weighted by atomic mass is 16.2. The summed E-state index contributed by atoms with van der Waals surface area (Å²) in [6.07, 6.45) is 0. The van der Waals surface area contributed by atoms with Gasteiger partial charge in [-0.2, -0.15) is 0 Å². The topological polar surface area (TPSA) is 49.4 Å². The van der Waals surface area contributed by atoms with Crippen molar-refractivity contribution in [3.05, 3.63) is 71.3 Å². The lowest BCUT2D eigenvalue weighted by Crippen LogP contribution is -2.39. The van der Waals surface area contributed by atoms with Gasteiger partial charge in [-0.15, -0.1) is 0 Å². The van der Waals surface area contributed by atoms with Crippen molar-refractivity contribution in [3.8, 4) is 0 Å². The van der Waals surface area contributed by atoms with Gasteiger partial charge in [0, 0.05) is 18.7 Å². The largest absolute Gasteiger partial charge is 0.343 e. The fraction of sp³-hybridized carbons (Fsp3) is 0.263. The third-order valence-electron chi connectivity index (χ3n) is 3.63. The molecule has 0 unspecified atom stereocenters. The molecule has 23 heavy (non-hydrogen) atoms. The summed E-state index contributed by atoms with van der Waals surface area (Å²) < 4.78 is 0. The molecule has 1 N–H and O–H groups in total. The second-order valence-electron chi connectivity index (χ2n) is 5.45. The Bertz CT molecular complexity index is 668. The number of likely N-dealkylation sites (N-methyl/N-ethyl adjacent to an activating group) is 1. The molecule has 4 nitrogen and oxygen atoms in total. The third kappa shape index (κ3) is 4.95. The summed E-state index contributed by atoms with van der Waals surface area (Å²) in [5.74, 6) is -0.310. The first-order valence-electron chi connectivity index (χ1n) is 7.76. The number of aryl methyl sites for hydroxylation is 1. The molecule has 0 aliphatic heterocycles. The Balaban J connectivity index is 1.91. The number of nitrogens with zero attached hydrogens (tertiary/aromatic N) is 1. The van der Waals surface area contributed by atoms with Gasteiger partial charge in [-0.3, -0.25) is 9.59 Å². The van der Waals surface area contributed by atoms with Crippen LogP contribution in [0.2, 0.25) is 0 Å². The van der Waals surface area contributed by atoms with E-state index in [9.17, 15) is 9.59 Å². The standard InChI is InChI=1S/C19H22N2O2/c1-3-21(14-16-9-5-4-6-10-16)18(22)13-20-19(23)17-11-7-8-15(2)12-17/h4-12H,3,13-14H2,1-2H3,(H,20,23). The predicted molar refractivity (Wildman–Crippen MR) is 91.0 cm³/mol. The van der Waals surface area contributed by atoms with Crippen molar-refractivity contribution in [2.45, 2.75) is 20.4 Å². The minimum atomic E-state index is -0.224. The number of benzene rings is 2. The van der Waals surface area contributed by atoms with Crippen LogP contribution in [-0.2, 0) is 11.3 Å². The number of rotatable bonds is 6. The first-order valence-corrected chi connectivity index (χ1v) is 7.76. The molecule has 0 atom stereocenters. The van der Waals surface area contributed by atoms with Gasteiger partial charge in [0.05, 0.1) is 6.54 Å². The molecule has 0 bridgehead atoms. The highest BCUT2D eigenvalue weighted by Gasteiger charge is 2.14. The molecule has 2 amide bonds. The summed E-state index contributed by atoms with van der Waals surface area (Å²) in [7, 11) is 0. The SMILES string of the molecule is CCN(Cc1ccccc1)C(=O)CNC(=O)c1cccc(C)c1. The van der Waals surface area contributed by atoms with Crippen molar-refractivity contribution < 1.29 is 9.59 Å². The molecular formula is C19H22N2O2. The molecule has 4 heteroatoms. The first kappa shape index (κ1) is 16.7. The minimum absolute atomic E-state index is 0.00739. The molecule has 0 aromatic heterocycles. The lowest BCUT2D eigenvalue weighted by Gasteiger charge is -2.21. The molecule has 0 heterocycles. The summed E-state index contributed by atoms with van der Waals surface area (Å²) in [5.41, 5.74) is 2.67. The number of amides is 2. The van der Waals surface area contributed by atoms with Crippen molar-refractivity contribution in [2.75, 3.05) is 13.1 Å². The summed E-state index contributed by atoms with van der Waals surface area (Å²) in [4.78, 5) is 26.1. The third-order valence-corrected chi connectivity index (χ3v) is 3.63. The van der Waals surface area contributed by atoms with Gasteiger partial charge in [0.15, 0.2) is 0 Å². The van der Waals surface area contributed by atoms with Gasteiger partial charge in [-0.25, -0.2) is 0 Å². The molecule has 2 aromatic rings. The average molecular weight is 310 g/mol. The predicted octanol–water partition coefficient (Wildman–Crippen LogP) is 2.77. The lowest BCUT2D eigenvalue weighted by molar-refractivity contribution is -0.130. The Morgan fingerprint density at radius 2 is 1.78 bits per heavy atom. The highest BCUT2D eigenvalue weighted by molar-refractivity contribution is 5.96. The van der Waals surface area contributed by atoms with E-state index in [2.05, 4.69) is 5.32 Å². The van der Waals surface area contributed by atoms with Crippen LogP contribution < -0.4 is 5.32 Å². The number of carbonyl (C=O) groups excluding carboxylic acids is 2. The highest BCUT2D eigenvalue weighted by Crippen LogP contribution is 2.05. The number of hydrogen-bond acceptors (Lipinski definition) is 2. The van der Waals surface area contributed by atoms with E-state index in [4.69, 9.17) is 0 Å². The van der Waals surface area contributed by atoms with E-state index in [1.807, 2.05) is 56.3 Å². The maximum atomic E-state index is 12.3. The van der Waals surface area contributed by atoms with Crippen LogP contribution in [0.3, 0.4) is 0 Å². The van der Waals surface area contributed by atoms with Crippen LogP contribution in [-0.4, -0.2) is 29.8 Å². The Hall–Kier alpha value is -2.62. The fourth-order valence-electron chi connectivity index (χ4n) is 2.34. The number of nitrogens with one attached hydrogen (secondary N) is 1. The van der Waals surface area contributed by atoms with Gasteiger partial charge in [0.25, 0.3) is 5.91 Å². The first-order chi connectivity index (χ1) is 11.1. The summed E-state index contributed by atoms with van der Waals surface area (Å²) in [6, 6.07) is 17.1. The van der Waals surface area contributed by atoms with Crippen LogP contribution in [0.5, 0.6) is 0 Å². The van der Waals surface area contributed by atoms with Crippen molar-refractivity contribution in [3.63, 3.8) is 0 Å². The lowest BCUT2D eigenvalue weighted by atomic mass is 10.1. The molecule has 0 spiro atoms. The fourth-order valence-corrected chi connectivity index (χ4v) is 2.34. The summed E-state index contributed by atoms with van der Waals surface area (Å²) >= 11 is 0. The van der Waals surface area contributed by atoms with E-state index in [1.165, 1.54) is 0 Å². The Morgan fingerprint density at radius 1 is 1.04 bits per heavy atom. The van der Waals surface area contributed by atoms with Crippen LogP contribution >= 0.6 is 0 Å². The van der Waals surface area contributed by atoms with Gasteiger partial charge in [0.1, 0.15) is 0 Å². The van der Waals surface area contributed by atoms with E-state index < -0.39 is 0 Å². The summed E-state index contributed by atoms with van der Waals surface area (Å²) in [5, 5.41) is 2.70. The zero-order valence-corrected chi connectivity index (χ0v) is 13.6. The van der Waals surface area contributed by atoms with Crippen molar-refractivity contribution >= 4 is 11.8 Å². The molecule has 0 fully saturated rings. The van der Waals surface area contributed by atoms with Crippen LogP contribution in [0, 0.1) is 6.92 Å². The van der Waals surface area contributed by atoms with E-state index in [0.717, 1.165) is 11.1 Å². The monoisotopic (exact) mass is 310 g/mol. The second-order valence-corrected chi connectivity index (χ2v) is 5.45. The van der Waals surface area contributed by atoms with Crippen LogP contribution in [0.25, 0.3) is 0 Å². The van der Waals surface area contributed by atoms with E-state index in [-0.39, 0.29) is 18.4 Å². The molecule has 0 saturated carbocycles. The van der Waals surface area contributed by atoms with E-state index in [1.54, 1.807) is 17.0 Å². The Labute approximate surface area is 137 Å². The average Bonchev–Trinajstić information content (AvgIpc) is 2.58. The Kier molecular flexibility index (Phi) is 5.92. The molecular weight excluding hydrogens is 288 g/mol. The Morgan fingerprint density at radius 3 is 2.43 bits per heavy atom. The zero-order valence-electron chi connectivity index (χ0n) is 13.6. The molecule has 0 saturated heterocycles. The molecule has 0 aliphatic rings. The number of carbonyl (C=O) groups is 2. The molecule has 0 aliphatic carbocycles.